The van der Waals surface area contributed by atoms with Gasteiger partial charge in [-0.25, -0.2) is 0 Å². The van der Waals surface area contributed by atoms with E-state index in [1.165, 1.54) is 6.92 Å². The van der Waals surface area contributed by atoms with E-state index in [-0.39, 0.29) is 0 Å². The highest BCUT2D eigenvalue weighted by molar-refractivity contribution is 5.73. The molecule has 26 nitrogen and oxygen atoms in total. The van der Waals surface area contributed by atoms with Crippen LogP contribution < -0.4 is 5.32 Å². The van der Waals surface area contributed by atoms with Crippen LogP contribution in [0, 0.1) is 0 Å². The van der Waals surface area contributed by atoms with Gasteiger partial charge in [0.1, 0.15) is 116 Å². The zero-order valence-electron chi connectivity index (χ0n) is 31.1. The van der Waals surface area contributed by atoms with E-state index in [1.54, 1.807) is 0 Å². The lowest BCUT2D eigenvalue weighted by molar-refractivity contribution is -0.405. The number of aliphatic hydroxyl groups is 15. The molecular formula is C32H55NO25. The summed E-state index contributed by atoms with van der Waals surface area (Å²) in [6.07, 6.45) is -43.8. The standard InChI is InChI=1S/C32H55NO25/c1-7-14(39)19(44)22(47)30(50-7)58-27-25(56-31-23(48)20(45)15(40)10(4-35)52-31)17(42)11(5-36)53-32(27)55-24-12(6-37)54-29(13(18(24)43)33-8(2)38)57-26-21(46)16(41)9(3-34)51-28(26)49/h7,9-32,34-37,39-49H,3-6H2,1-2H3,(H,33,38)/t7-,9+,10+,11+,12+,13+,14+,15-,16+,17-,18+,19+,20-,21-,22-,23+,24+,25-,26-,27+,28+,29-,30-,31+,32-/m0/s1. The van der Waals surface area contributed by atoms with E-state index < -0.39 is 186 Å². The average Bonchev–Trinajstić information content (AvgIpc) is 3.19. The third-order valence-electron chi connectivity index (χ3n) is 10.7. The minimum absolute atomic E-state index is 0.797. The van der Waals surface area contributed by atoms with Crippen LogP contribution in [0.15, 0.2) is 0 Å². The zero-order chi connectivity index (χ0) is 42.9. The maximum absolute atomic E-state index is 12.4. The fraction of sp³-hybridized carbons (Fsp3) is 0.969. The fourth-order valence-corrected chi connectivity index (χ4v) is 7.33. The molecular weight excluding hydrogens is 798 g/mol. The van der Waals surface area contributed by atoms with Crippen LogP contribution in [0.3, 0.4) is 0 Å². The second-order valence-electron chi connectivity index (χ2n) is 14.7. The van der Waals surface area contributed by atoms with Gasteiger partial charge in [-0.2, -0.15) is 0 Å². The molecule has 5 fully saturated rings. The molecule has 1 amide bonds. The first-order valence-electron chi connectivity index (χ1n) is 18.5. The molecule has 0 bridgehead atoms. The lowest BCUT2D eigenvalue weighted by atomic mass is 9.94. The largest absolute Gasteiger partial charge is 0.394 e. The molecule has 58 heavy (non-hydrogen) atoms. The molecule has 5 aliphatic rings. The molecule has 5 heterocycles. The summed E-state index contributed by atoms with van der Waals surface area (Å²) in [4.78, 5) is 12.4. The number of carbonyl (C=O) groups is 1. The van der Waals surface area contributed by atoms with Gasteiger partial charge in [-0.1, -0.05) is 0 Å². The van der Waals surface area contributed by atoms with E-state index in [2.05, 4.69) is 5.32 Å². The van der Waals surface area contributed by atoms with Crippen molar-refractivity contribution in [1.82, 2.24) is 5.32 Å². The first kappa shape index (κ1) is 47.6. The summed E-state index contributed by atoms with van der Waals surface area (Å²) in [5, 5.41) is 160. The van der Waals surface area contributed by atoms with Crippen LogP contribution >= 0.6 is 0 Å². The quantitative estimate of drug-likeness (QED) is 0.0818. The third kappa shape index (κ3) is 9.75. The van der Waals surface area contributed by atoms with Crippen LogP contribution in [0.4, 0.5) is 0 Å². The average molecular weight is 854 g/mol. The van der Waals surface area contributed by atoms with Gasteiger partial charge in [0, 0.05) is 6.92 Å². The molecule has 0 aromatic heterocycles. The summed E-state index contributed by atoms with van der Waals surface area (Å²) in [6.45, 7) is -1.33. The Bertz CT molecular complexity index is 1310. The summed E-state index contributed by atoms with van der Waals surface area (Å²) in [6, 6.07) is -1.69. The first-order chi connectivity index (χ1) is 27.4. The van der Waals surface area contributed by atoms with Gasteiger partial charge in [0.15, 0.2) is 31.5 Å². The van der Waals surface area contributed by atoms with Crippen molar-refractivity contribution < 1.29 is 124 Å². The maximum atomic E-state index is 12.4. The van der Waals surface area contributed by atoms with E-state index in [0.717, 1.165) is 6.92 Å². The molecule has 0 aromatic rings. The number of hydrogen-bond donors (Lipinski definition) is 16. The number of rotatable bonds is 13. The second-order valence-corrected chi connectivity index (χ2v) is 14.7. The third-order valence-corrected chi connectivity index (χ3v) is 10.7. The van der Waals surface area contributed by atoms with Crippen molar-refractivity contribution in [3.63, 3.8) is 0 Å². The van der Waals surface area contributed by atoms with Crippen LogP contribution in [0.5, 0.6) is 0 Å². The lowest BCUT2D eigenvalue weighted by Crippen LogP contribution is -2.70. The van der Waals surface area contributed by atoms with Crippen LogP contribution in [0.1, 0.15) is 13.8 Å². The van der Waals surface area contributed by atoms with Crippen LogP contribution in [-0.2, 0) is 47.4 Å². The van der Waals surface area contributed by atoms with Crippen LogP contribution in [-0.4, -0.2) is 262 Å². The van der Waals surface area contributed by atoms with Gasteiger partial charge < -0.3 is 125 Å². The Kier molecular flexibility index (Phi) is 16.5. The lowest BCUT2D eigenvalue weighted by Gasteiger charge is -2.51. The van der Waals surface area contributed by atoms with Crippen molar-refractivity contribution in [3.05, 3.63) is 0 Å². The smallest absolute Gasteiger partial charge is 0.217 e. The molecule has 25 atom stereocenters. The Morgan fingerprint density at radius 2 is 0.897 bits per heavy atom. The second kappa shape index (κ2) is 20.1. The molecule has 16 N–H and O–H groups in total. The minimum atomic E-state index is -2.06. The fourth-order valence-electron chi connectivity index (χ4n) is 7.33. The monoisotopic (exact) mass is 853 g/mol. The van der Waals surface area contributed by atoms with Crippen molar-refractivity contribution in [2.24, 2.45) is 0 Å². The summed E-state index contributed by atoms with van der Waals surface area (Å²) in [5.41, 5.74) is 0. The number of hydrogen-bond acceptors (Lipinski definition) is 25. The highest BCUT2D eigenvalue weighted by Crippen LogP contribution is 2.37. The Hall–Kier alpha value is -1.49. The summed E-state index contributed by atoms with van der Waals surface area (Å²) in [7, 11) is 0. The predicted octanol–water partition coefficient (Wildman–Crippen LogP) is -10.8. The summed E-state index contributed by atoms with van der Waals surface area (Å²) >= 11 is 0. The highest BCUT2D eigenvalue weighted by atomic mass is 16.8. The molecule has 5 rings (SSSR count). The van der Waals surface area contributed by atoms with E-state index in [1.807, 2.05) is 0 Å². The molecule has 0 aliphatic carbocycles. The number of amides is 1. The van der Waals surface area contributed by atoms with Crippen LogP contribution in [0.25, 0.3) is 0 Å². The van der Waals surface area contributed by atoms with E-state index >= 15 is 0 Å². The number of aliphatic hydroxyl groups excluding tert-OH is 15. The maximum Gasteiger partial charge on any atom is 0.217 e. The van der Waals surface area contributed by atoms with Crippen molar-refractivity contribution in [2.75, 3.05) is 26.4 Å². The molecule has 0 spiro atoms. The van der Waals surface area contributed by atoms with Gasteiger partial charge in [0.25, 0.3) is 0 Å². The number of nitrogens with one attached hydrogen (secondary N) is 1. The summed E-state index contributed by atoms with van der Waals surface area (Å²) < 4.78 is 51.3. The van der Waals surface area contributed by atoms with E-state index in [4.69, 9.17) is 42.6 Å². The van der Waals surface area contributed by atoms with Gasteiger partial charge in [0.05, 0.1) is 32.5 Å². The Morgan fingerprint density at radius 3 is 1.48 bits per heavy atom. The molecule has 5 saturated heterocycles. The Morgan fingerprint density at radius 1 is 0.448 bits per heavy atom. The molecule has 0 aromatic carbocycles. The Labute approximate surface area is 329 Å². The number of ether oxygens (including phenoxy) is 9. The van der Waals surface area contributed by atoms with Gasteiger partial charge in [-0.3, -0.25) is 4.79 Å². The molecule has 26 heteroatoms. The Balaban J connectivity index is 1.48. The molecule has 5 aliphatic heterocycles. The van der Waals surface area contributed by atoms with E-state index in [0.29, 0.717) is 0 Å². The SMILES string of the molecule is CC(=O)N[C@H]1[C@H](O[C@H]2[C@@H](O)[C@H](O)[C@@H](CO)O[C@H]2O)O[C@H](CO)[C@@H](O[C@@H]2O[C@H](CO)[C@H](O)[C@H](O[C@H]3O[C@H](CO)[C@H](O)[C@H](O)[C@H]3O)[C@H]2O[C@@H]2O[C@@H](C)[C@@H](O)[C@@H](O)[C@@H]2O)[C@@H]1O. The molecule has 0 saturated carbocycles. The van der Waals surface area contributed by atoms with Crippen molar-refractivity contribution in [3.8, 4) is 0 Å². The highest BCUT2D eigenvalue weighted by Gasteiger charge is 2.57. The van der Waals surface area contributed by atoms with E-state index in [9.17, 15) is 81.4 Å². The van der Waals surface area contributed by atoms with Crippen molar-refractivity contribution in [1.29, 1.82) is 0 Å². The van der Waals surface area contributed by atoms with Gasteiger partial charge in [-0.05, 0) is 6.92 Å². The van der Waals surface area contributed by atoms with Gasteiger partial charge in [0.2, 0.25) is 5.91 Å². The molecule has 0 radical (unpaired) electrons. The molecule has 338 valence electrons. The van der Waals surface area contributed by atoms with Crippen molar-refractivity contribution >= 4 is 5.91 Å². The topological polar surface area (TPSA) is 416 Å². The number of carbonyl (C=O) groups excluding carboxylic acids is 1. The minimum Gasteiger partial charge on any atom is -0.394 e. The van der Waals surface area contributed by atoms with Gasteiger partial charge in [-0.15, -0.1) is 0 Å². The predicted molar refractivity (Wildman–Crippen MR) is 177 cm³/mol. The normalized spacial score (nSPS) is 51.6. The van der Waals surface area contributed by atoms with Crippen molar-refractivity contribution in [2.45, 2.75) is 167 Å². The zero-order valence-corrected chi connectivity index (χ0v) is 31.1. The van der Waals surface area contributed by atoms with Gasteiger partial charge >= 0.3 is 0 Å². The van der Waals surface area contributed by atoms with Crippen LogP contribution in [0.2, 0.25) is 0 Å². The first-order valence-corrected chi connectivity index (χ1v) is 18.5. The molecule has 0 unspecified atom stereocenters. The summed E-state index contributed by atoms with van der Waals surface area (Å²) in [5.74, 6) is -0.797.